The Morgan fingerprint density at radius 3 is 1.43 bits per heavy atom. The van der Waals surface area contributed by atoms with Crippen LogP contribution in [0.1, 0.15) is 123 Å². The van der Waals surface area contributed by atoms with Crippen molar-refractivity contribution in [3.8, 4) is 0 Å². The van der Waals surface area contributed by atoms with Crippen LogP contribution in [0.2, 0.25) is 0 Å². The van der Waals surface area contributed by atoms with E-state index < -0.39 is 5.97 Å². The van der Waals surface area contributed by atoms with Gasteiger partial charge in [0.25, 0.3) is 5.97 Å². The Morgan fingerprint density at radius 2 is 0.933 bits per heavy atom. The molecule has 4 nitrogen and oxygen atoms in total. The molecule has 0 rings (SSSR count). The molecule has 0 spiro atoms. The average molecular weight is 430 g/mol. The highest BCUT2D eigenvalue weighted by Gasteiger charge is 2.39. The molecule has 0 aromatic carbocycles. The first-order valence-corrected chi connectivity index (χ1v) is 13.1. The van der Waals surface area contributed by atoms with Crippen LogP contribution in [0.15, 0.2) is 0 Å². The zero-order valence-electron chi connectivity index (χ0n) is 21.2. The Hall–Kier alpha value is -0.160. The van der Waals surface area contributed by atoms with E-state index in [0.29, 0.717) is 0 Å². The third kappa shape index (κ3) is 14.8. The van der Waals surface area contributed by atoms with Gasteiger partial charge >= 0.3 is 0 Å². The molecule has 0 amide bonds. The molecule has 182 valence electrons. The van der Waals surface area contributed by atoms with Crippen molar-refractivity contribution in [1.29, 1.82) is 0 Å². The predicted molar refractivity (Wildman–Crippen MR) is 130 cm³/mol. The minimum absolute atomic E-state index is 0.272. The molecule has 1 N–H and O–H groups in total. The molecule has 4 heteroatoms. The standard InChI is InChI=1S/C26H55NO3/c1-6-8-10-12-14-15-17-19-23-27-24-20-22-25(26(28-3,29-4)30-5)21-18-16-13-11-9-7-2/h25,27H,6-24H2,1-5H3. The number of hydrogen-bond donors (Lipinski definition) is 1. The molecule has 0 saturated carbocycles. The Kier molecular flexibility index (Phi) is 21.9. The quantitative estimate of drug-likeness (QED) is 0.128. The van der Waals surface area contributed by atoms with Crippen molar-refractivity contribution < 1.29 is 14.2 Å². The molecule has 0 bridgehead atoms. The molecule has 0 aliphatic carbocycles. The first kappa shape index (κ1) is 29.8. The van der Waals surface area contributed by atoms with E-state index in [2.05, 4.69) is 19.2 Å². The van der Waals surface area contributed by atoms with Crippen LogP contribution in [0.3, 0.4) is 0 Å². The summed E-state index contributed by atoms with van der Waals surface area (Å²) in [5.74, 6) is -0.630. The van der Waals surface area contributed by atoms with Crippen LogP contribution in [0.25, 0.3) is 0 Å². The topological polar surface area (TPSA) is 39.7 Å². The maximum Gasteiger partial charge on any atom is 0.285 e. The van der Waals surface area contributed by atoms with Crippen LogP contribution in [0.4, 0.5) is 0 Å². The Labute approximate surface area is 189 Å². The summed E-state index contributed by atoms with van der Waals surface area (Å²) in [5, 5.41) is 3.63. The summed E-state index contributed by atoms with van der Waals surface area (Å²) in [5.41, 5.74) is 0. The lowest BCUT2D eigenvalue weighted by atomic mass is 9.93. The number of unbranched alkanes of at least 4 members (excludes halogenated alkanes) is 12. The molecular weight excluding hydrogens is 374 g/mol. The fourth-order valence-electron chi connectivity index (χ4n) is 4.40. The fraction of sp³-hybridized carbons (Fsp3) is 1.00. The number of ether oxygens (including phenoxy) is 3. The van der Waals surface area contributed by atoms with Crippen LogP contribution in [-0.2, 0) is 14.2 Å². The van der Waals surface area contributed by atoms with Gasteiger partial charge in [0.1, 0.15) is 0 Å². The summed E-state index contributed by atoms with van der Waals surface area (Å²) in [6.07, 6.45) is 22.2. The maximum atomic E-state index is 5.69. The number of methoxy groups -OCH3 is 3. The second-order valence-corrected chi connectivity index (χ2v) is 8.84. The normalized spacial score (nSPS) is 13.1. The van der Waals surface area contributed by atoms with Gasteiger partial charge in [-0.1, -0.05) is 97.3 Å². The first-order chi connectivity index (χ1) is 14.7. The minimum atomic E-state index is -0.902. The molecule has 1 unspecified atom stereocenters. The van der Waals surface area contributed by atoms with Gasteiger partial charge in [-0.25, -0.2) is 0 Å². The molecule has 0 aromatic heterocycles. The van der Waals surface area contributed by atoms with Crippen molar-refractivity contribution in [3.05, 3.63) is 0 Å². The van der Waals surface area contributed by atoms with Gasteiger partial charge in [0.05, 0.1) is 0 Å². The summed E-state index contributed by atoms with van der Waals surface area (Å²) < 4.78 is 17.1. The smallest absolute Gasteiger partial charge is 0.285 e. The van der Waals surface area contributed by atoms with E-state index >= 15 is 0 Å². The molecule has 0 aliphatic heterocycles. The van der Waals surface area contributed by atoms with Gasteiger partial charge in [0.2, 0.25) is 0 Å². The SMILES string of the molecule is CCCCCCCCCCNCCCC(CCCCCCCC)C(OC)(OC)OC. The van der Waals surface area contributed by atoms with Gasteiger partial charge in [-0.15, -0.1) is 0 Å². The summed E-state index contributed by atoms with van der Waals surface area (Å²) in [6.45, 7) is 6.75. The van der Waals surface area contributed by atoms with Crippen LogP contribution in [0.5, 0.6) is 0 Å². The van der Waals surface area contributed by atoms with E-state index in [1.165, 1.54) is 89.9 Å². The van der Waals surface area contributed by atoms with E-state index in [4.69, 9.17) is 14.2 Å². The molecule has 0 saturated heterocycles. The van der Waals surface area contributed by atoms with E-state index in [9.17, 15) is 0 Å². The molecule has 0 fully saturated rings. The lowest BCUT2D eigenvalue weighted by Crippen LogP contribution is -2.44. The third-order valence-electron chi connectivity index (χ3n) is 6.37. The minimum Gasteiger partial charge on any atom is -0.331 e. The number of hydrogen-bond acceptors (Lipinski definition) is 4. The summed E-state index contributed by atoms with van der Waals surface area (Å²) in [4.78, 5) is 0. The van der Waals surface area contributed by atoms with Crippen molar-refractivity contribution in [1.82, 2.24) is 5.32 Å². The van der Waals surface area contributed by atoms with Crippen LogP contribution < -0.4 is 5.32 Å². The van der Waals surface area contributed by atoms with Crippen LogP contribution in [-0.4, -0.2) is 40.4 Å². The number of nitrogens with one attached hydrogen (secondary N) is 1. The second kappa shape index (κ2) is 22.0. The summed E-state index contributed by atoms with van der Waals surface area (Å²) >= 11 is 0. The van der Waals surface area contributed by atoms with E-state index in [1.807, 2.05) is 0 Å². The van der Waals surface area contributed by atoms with Crippen molar-refractivity contribution in [3.63, 3.8) is 0 Å². The monoisotopic (exact) mass is 429 g/mol. The van der Waals surface area contributed by atoms with Gasteiger partial charge in [-0.3, -0.25) is 0 Å². The molecule has 30 heavy (non-hydrogen) atoms. The van der Waals surface area contributed by atoms with Crippen molar-refractivity contribution in [2.45, 2.75) is 129 Å². The lowest BCUT2D eigenvalue weighted by Gasteiger charge is -2.36. The van der Waals surface area contributed by atoms with Crippen molar-refractivity contribution >= 4 is 0 Å². The Morgan fingerprint density at radius 1 is 0.533 bits per heavy atom. The average Bonchev–Trinajstić information content (AvgIpc) is 2.77. The van der Waals surface area contributed by atoms with E-state index in [0.717, 1.165) is 32.4 Å². The van der Waals surface area contributed by atoms with E-state index in [-0.39, 0.29) is 5.92 Å². The molecule has 0 aliphatic rings. The highest BCUT2D eigenvalue weighted by molar-refractivity contribution is 4.72. The molecular formula is C26H55NO3. The largest absolute Gasteiger partial charge is 0.331 e. The first-order valence-electron chi connectivity index (χ1n) is 13.1. The van der Waals surface area contributed by atoms with Gasteiger partial charge in [-0.05, 0) is 38.8 Å². The highest BCUT2D eigenvalue weighted by Crippen LogP contribution is 2.32. The van der Waals surface area contributed by atoms with Gasteiger partial charge < -0.3 is 19.5 Å². The van der Waals surface area contributed by atoms with E-state index in [1.54, 1.807) is 21.3 Å². The second-order valence-electron chi connectivity index (χ2n) is 8.84. The molecule has 0 aromatic rings. The zero-order valence-corrected chi connectivity index (χ0v) is 21.2. The third-order valence-corrected chi connectivity index (χ3v) is 6.37. The van der Waals surface area contributed by atoms with Crippen molar-refractivity contribution in [2.75, 3.05) is 34.4 Å². The molecule has 1 atom stereocenters. The maximum absolute atomic E-state index is 5.69. The molecule has 0 radical (unpaired) electrons. The number of rotatable bonds is 24. The summed E-state index contributed by atoms with van der Waals surface area (Å²) in [7, 11) is 5.09. The summed E-state index contributed by atoms with van der Waals surface area (Å²) in [6, 6.07) is 0. The Bertz CT molecular complexity index is 326. The predicted octanol–water partition coefficient (Wildman–Crippen LogP) is 7.46. The van der Waals surface area contributed by atoms with Gasteiger partial charge in [-0.2, -0.15) is 0 Å². The van der Waals surface area contributed by atoms with Crippen LogP contribution >= 0.6 is 0 Å². The molecule has 0 heterocycles. The lowest BCUT2D eigenvalue weighted by molar-refractivity contribution is -0.380. The van der Waals surface area contributed by atoms with Crippen molar-refractivity contribution in [2.24, 2.45) is 5.92 Å². The van der Waals surface area contributed by atoms with Gasteiger partial charge in [0.15, 0.2) is 0 Å². The fourth-order valence-corrected chi connectivity index (χ4v) is 4.40. The highest BCUT2D eigenvalue weighted by atomic mass is 16.9. The Balaban J connectivity index is 4.00. The van der Waals surface area contributed by atoms with Crippen LogP contribution in [0, 0.1) is 5.92 Å². The van der Waals surface area contributed by atoms with Gasteiger partial charge in [0, 0.05) is 27.2 Å². The zero-order chi connectivity index (χ0) is 22.3.